The quantitative estimate of drug-likeness (QED) is 0.706. The molecule has 164 valence electrons. The number of benzene rings is 1. The highest BCUT2D eigenvalue weighted by molar-refractivity contribution is 5.32. The van der Waals surface area contributed by atoms with E-state index in [1.165, 1.54) is 50.8 Å². The van der Waals surface area contributed by atoms with Crippen molar-refractivity contribution in [2.75, 3.05) is 33.3 Å². The number of aromatic nitrogens is 4. The maximum atomic E-state index is 5.55. The standard InChI is InChI=1S/C23H36N6O/c1-18(2)22(23-24-25-26-29(23)20-10-5-4-6-11-20)28-15-13-27(14-16-28)17-19-9-7-8-12-21(19)30-3/h7-9,12,18,20,22H,4-6,10-11,13-17H2,1-3H3/p+2/t22-/m0/s1. The van der Waals surface area contributed by atoms with Gasteiger partial charge in [0.25, 0.3) is 0 Å². The highest BCUT2D eigenvalue weighted by Gasteiger charge is 2.37. The predicted molar refractivity (Wildman–Crippen MR) is 116 cm³/mol. The number of methoxy groups -OCH3 is 1. The Morgan fingerprint density at radius 3 is 2.50 bits per heavy atom. The molecule has 2 heterocycles. The van der Waals surface area contributed by atoms with Gasteiger partial charge in [-0.15, -0.1) is 5.10 Å². The molecule has 0 bridgehead atoms. The third-order valence-corrected chi connectivity index (χ3v) is 7.06. The summed E-state index contributed by atoms with van der Waals surface area (Å²) in [6.45, 7) is 10.3. The molecular formula is C23H38N6O+2. The highest BCUT2D eigenvalue weighted by atomic mass is 16.5. The summed E-state index contributed by atoms with van der Waals surface area (Å²) in [4.78, 5) is 3.28. The first-order chi connectivity index (χ1) is 14.7. The lowest BCUT2D eigenvalue weighted by Gasteiger charge is -2.36. The van der Waals surface area contributed by atoms with Crippen LogP contribution >= 0.6 is 0 Å². The summed E-state index contributed by atoms with van der Waals surface area (Å²) in [5.74, 6) is 2.63. The van der Waals surface area contributed by atoms with Crippen LogP contribution in [0.15, 0.2) is 24.3 Å². The molecule has 2 fully saturated rings. The number of hydrogen-bond acceptors (Lipinski definition) is 4. The Hall–Kier alpha value is -1.99. The second-order valence-corrected chi connectivity index (χ2v) is 9.39. The van der Waals surface area contributed by atoms with Crippen LogP contribution in [0.2, 0.25) is 0 Å². The van der Waals surface area contributed by atoms with Gasteiger partial charge in [0.1, 0.15) is 38.5 Å². The number of tetrazole rings is 1. The van der Waals surface area contributed by atoms with Crippen molar-refractivity contribution in [3.05, 3.63) is 35.7 Å². The van der Waals surface area contributed by atoms with Gasteiger partial charge in [-0.2, -0.15) is 0 Å². The van der Waals surface area contributed by atoms with Gasteiger partial charge in [0.2, 0.25) is 5.82 Å². The molecule has 30 heavy (non-hydrogen) atoms. The van der Waals surface area contributed by atoms with E-state index in [4.69, 9.17) is 4.74 Å². The van der Waals surface area contributed by atoms with Gasteiger partial charge in [0.15, 0.2) is 6.04 Å². The number of ether oxygens (including phenoxy) is 1. The lowest BCUT2D eigenvalue weighted by Crippen LogP contribution is -3.27. The first-order valence-electron chi connectivity index (χ1n) is 11.7. The van der Waals surface area contributed by atoms with Crippen molar-refractivity contribution in [2.24, 2.45) is 5.92 Å². The first kappa shape index (κ1) is 21.2. The molecule has 4 rings (SSSR count). The molecule has 1 aliphatic heterocycles. The number of para-hydroxylation sites is 1. The number of rotatable bonds is 7. The molecule has 1 atom stereocenters. The number of nitrogens with zero attached hydrogens (tertiary/aromatic N) is 4. The van der Waals surface area contributed by atoms with Gasteiger partial charge in [0.05, 0.1) is 13.2 Å². The fraction of sp³-hybridized carbons (Fsp3) is 0.696. The van der Waals surface area contributed by atoms with Crippen LogP contribution in [0.4, 0.5) is 0 Å². The van der Waals surface area contributed by atoms with Crippen LogP contribution in [0.3, 0.4) is 0 Å². The normalized spacial score (nSPS) is 24.1. The van der Waals surface area contributed by atoms with Crippen LogP contribution in [-0.2, 0) is 6.54 Å². The van der Waals surface area contributed by atoms with E-state index in [0.29, 0.717) is 18.0 Å². The third kappa shape index (κ3) is 4.67. The van der Waals surface area contributed by atoms with Crippen LogP contribution in [-0.4, -0.2) is 53.5 Å². The molecule has 1 aromatic heterocycles. The summed E-state index contributed by atoms with van der Waals surface area (Å²) < 4.78 is 7.74. The molecule has 1 aliphatic carbocycles. The Balaban J connectivity index is 1.43. The largest absolute Gasteiger partial charge is 0.496 e. The summed E-state index contributed by atoms with van der Waals surface area (Å²) in [5, 5.41) is 13.1. The Labute approximate surface area is 180 Å². The SMILES string of the molecule is COc1ccccc1C[NH+]1CC[NH+]([C@H](c2nnnn2C2CCCCC2)C(C)C)CC1. The molecule has 0 radical (unpaired) electrons. The fourth-order valence-corrected chi connectivity index (χ4v) is 5.47. The smallest absolute Gasteiger partial charge is 0.209 e. The van der Waals surface area contributed by atoms with Crippen molar-refractivity contribution in [3.8, 4) is 5.75 Å². The molecule has 1 saturated carbocycles. The van der Waals surface area contributed by atoms with Crippen LogP contribution in [0.1, 0.15) is 69.4 Å². The van der Waals surface area contributed by atoms with Crippen molar-refractivity contribution in [3.63, 3.8) is 0 Å². The van der Waals surface area contributed by atoms with Gasteiger partial charge in [-0.1, -0.05) is 45.2 Å². The number of hydrogen-bond donors (Lipinski definition) is 2. The molecular weight excluding hydrogens is 376 g/mol. The first-order valence-corrected chi connectivity index (χ1v) is 11.7. The topological polar surface area (TPSA) is 61.7 Å². The summed E-state index contributed by atoms with van der Waals surface area (Å²) >= 11 is 0. The number of piperazine rings is 1. The Bertz CT molecular complexity index is 792. The van der Waals surface area contributed by atoms with E-state index in [1.54, 1.807) is 16.9 Å². The Morgan fingerprint density at radius 2 is 1.80 bits per heavy atom. The predicted octanol–water partition coefficient (Wildman–Crippen LogP) is 0.868. The van der Waals surface area contributed by atoms with Crippen LogP contribution < -0.4 is 14.5 Å². The second-order valence-electron chi connectivity index (χ2n) is 9.39. The summed E-state index contributed by atoms with van der Waals surface area (Å²) in [6, 6.07) is 9.27. The van der Waals surface area contributed by atoms with Crippen LogP contribution in [0, 0.1) is 5.92 Å². The van der Waals surface area contributed by atoms with Gasteiger partial charge in [-0.3, -0.25) is 0 Å². The molecule has 2 aliphatic rings. The molecule has 2 N–H and O–H groups in total. The van der Waals surface area contributed by atoms with Crippen LogP contribution in [0.5, 0.6) is 5.75 Å². The molecule has 2 aromatic rings. The monoisotopic (exact) mass is 414 g/mol. The van der Waals surface area contributed by atoms with E-state index in [0.717, 1.165) is 31.2 Å². The van der Waals surface area contributed by atoms with Crippen molar-refractivity contribution >= 4 is 0 Å². The van der Waals surface area contributed by atoms with Gasteiger partial charge >= 0.3 is 0 Å². The Morgan fingerprint density at radius 1 is 1.07 bits per heavy atom. The molecule has 7 heteroatoms. The van der Waals surface area contributed by atoms with E-state index in [2.05, 4.69) is 52.3 Å². The second kappa shape index (κ2) is 9.88. The lowest BCUT2D eigenvalue weighted by molar-refractivity contribution is -1.03. The summed E-state index contributed by atoms with van der Waals surface area (Å²) in [7, 11) is 1.76. The number of nitrogens with one attached hydrogen (secondary N) is 2. The molecule has 7 nitrogen and oxygen atoms in total. The maximum absolute atomic E-state index is 5.55. The van der Waals surface area contributed by atoms with Gasteiger partial charge in [-0.25, -0.2) is 4.68 Å². The zero-order chi connectivity index (χ0) is 20.9. The lowest BCUT2D eigenvalue weighted by atomic mass is 9.94. The summed E-state index contributed by atoms with van der Waals surface area (Å²) in [5.41, 5.74) is 1.31. The molecule has 0 spiro atoms. The molecule has 0 unspecified atom stereocenters. The molecule has 0 amide bonds. The summed E-state index contributed by atoms with van der Waals surface area (Å²) in [6.07, 6.45) is 6.39. The van der Waals surface area contributed by atoms with Gasteiger partial charge in [0, 0.05) is 11.5 Å². The van der Waals surface area contributed by atoms with Crippen molar-refractivity contribution in [1.82, 2.24) is 20.2 Å². The zero-order valence-electron chi connectivity index (χ0n) is 18.8. The minimum absolute atomic E-state index is 0.370. The van der Waals surface area contributed by atoms with Crippen molar-refractivity contribution in [2.45, 2.75) is 64.6 Å². The average Bonchev–Trinajstić information content (AvgIpc) is 3.25. The Kier molecular flexibility index (Phi) is 7.00. The molecule has 1 aromatic carbocycles. The van der Waals surface area contributed by atoms with E-state index in [9.17, 15) is 0 Å². The fourth-order valence-electron chi connectivity index (χ4n) is 5.47. The van der Waals surface area contributed by atoms with E-state index >= 15 is 0 Å². The van der Waals surface area contributed by atoms with E-state index < -0.39 is 0 Å². The van der Waals surface area contributed by atoms with Gasteiger partial charge in [-0.05, 0) is 35.4 Å². The van der Waals surface area contributed by atoms with E-state index in [1.807, 2.05) is 6.07 Å². The van der Waals surface area contributed by atoms with Gasteiger partial charge < -0.3 is 14.5 Å². The maximum Gasteiger partial charge on any atom is 0.209 e. The van der Waals surface area contributed by atoms with Crippen molar-refractivity contribution < 1.29 is 14.5 Å². The average molecular weight is 415 g/mol. The minimum atomic E-state index is 0.370. The van der Waals surface area contributed by atoms with Crippen LogP contribution in [0.25, 0.3) is 0 Å². The highest BCUT2D eigenvalue weighted by Crippen LogP contribution is 2.29. The number of quaternary nitrogens is 2. The zero-order valence-corrected chi connectivity index (χ0v) is 18.8. The van der Waals surface area contributed by atoms with E-state index in [-0.39, 0.29) is 0 Å². The molecule has 1 saturated heterocycles. The third-order valence-electron chi connectivity index (χ3n) is 7.06. The minimum Gasteiger partial charge on any atom is -0.496 e. The van der Waals surface area contributed by atoms with Crippen molar-refractivity contribution in [1.29, 1.82) is 0 Å².